The van der Waals surface area contributed by atoms with Crippen molar-refractivity contribution in [2.24, 2.45) is 0 Å². The van der Waals surface area contributed by atoms with Crippen molar-refractivity contribution in [2.75, 3.05) is 12.4 Å². The number of phenols is 1. The Morgan fingerprint density at radius 2 is 1.71 bits per heavy atom. The van der Waals surface area contributed by atoms with Gasteiger partial charge in [-0.15, -0.1) is 10.2 Å². The van der Waals surface area contributed by atoms with Crippen molar-refractivity contribution in [3.05, 3.63) is 90.9 Å². The second-order valence-corrected chi connectivity index (χ2v) is 7.39. The summed E-state index contributed by atoms with van der Waals surface area (Å²) in [5.74, 6) is 0.679. The van der Waals surface area contributed by atoms with E-state index in [1.807, 2.05) is 30.3 Å². The van der Waals surface area contributed by atoms with Crippen LogP contribution in [0.4, 0.5) is 15.9 Å². The molecule has 3 aromatic carbocycles. The molecule has 0 fully saturated rings. The van der Waals surface area contributed by atoms with E-state index in [9.17, 15) is 9.50 Å². The number of rotatable bonds is 6. The predicted octanol–water partition coefficient (Wildman–Crippen LogP) is 6.08. The predicted molar refractivity (Wildman–Crippen MR) is 127 cm³/mol. The van der Waals surface area contributed by atoms with Gasteiger partial charge in [-0.1, -0.05) is 18.2 Å². The van der Waals surface area contributed by atoms with Crippen LogP contribution in [0.1, 0.15) is 0 Å². The maximum absolute atomic E-state index is 14.9. The van der Waals surface area contributed by atoms with Crippen molar-refractivity contribution in [1.29, 1.82) is 0 Å². The second-order valence-electron chi connectivity index (χ2n) is 7.39. The smallest absolute Gasteiger partial charge is 0.166 e. The Labute approximate surface area is 194 Å². The van der Waals surface area contributed by atoms with Crippen LogP contribution in [0.15, 0.2) is 85.1 Å². The number of benzene rings is 3. The Morgan fingerprint density at radius 3 is 2.44 bits per heavy atom. The summed E-state index contributed by atoms with van der Waals surface area (Å²) in [6.45, 7) is 0. The number of anilines is 2. The van der Waals surface area contributed by atoms with Crippen molar-refractivity contribution in [3.8, 4) is 34.3 Å². The number of ether oxygens (including phenoxy) is 2. The van der Waals surface area contributed by atoms with Gasteiger partial charge in [0.1, 0.15) is 5.75 Å². The van der Waals surface area contributed by atoms with Gasteiger partial charge in [-0.3, -0.25) is 4.98 Å². The first-order chi connectivity index (χ1) is 16.6. The standard InChI is InChI=1S/C26H19FN4O3/c1-33-25-14-18-21(15-22(25)32)28-12-11-23(18)34-24-9-7-16(13-19(24)27)20-8-10-26(31-30-20)29-17-5-3-2-4-6-17/h2-15,32H,1H3,(H,29,31). The molecule has 0 aliphatic heterocycles. The monoisotopic (exact) mass is 454 g/mol. The van der Waals surface area contributed by atoms with Crippen LogP contribution in [0.25, 0.3) is 22.2 Å². The van der Waals surface area contributed by atoms with Gasteiger partial charge in [0.15, 0.2) is 28.9 Å². The van der Waals surface area contributed by atoms with E-state index in [0.717, 1.165) is 5.69 Å². The number of pyridine rings is 1. The Kier molecular flexibility index (Phi) is 5.61. The number of fused-ring (bicyclic) bond motifs is 1. The molecule has 168 valence electrons. The van der Waals surface area contributed by atoms with Gasteiger partial charge in [-0.05, 0) is 54.6 Å². The highest BCUT2D eigenvalue weighted by Gasteiger charge is 2.13. The van der Waals surface area contributed by atoms with E-state index in [0.29, 0.717) is 33.7 Å². The van der Waals surface area contributed by atoms with Crippen LogP contribution in [0, 0.1) is 5.82 Å². The number of para-hydroxylation sites is 1. The molecule has 7 nitrogen and oxygen atoms in total. The summed E-state index contributed by atoms with van der Waals surface area (Å²) in [5, 5.41) is 22.1. The van der Waals surface area contributed by atoms with E-state index >= 15 is 0 Å². The molecule has 0 unspecified atom stereocenters. The molecule has 0 saturated carbocycles. The highest BCUT2D eigenvalue weighted by atomic mass is 19.1. The number of aromatic nitrogens is 3. The summed E-state index contributed by atoms with van der Waals surface area (Å²) in [4.78, 5) is 4.22. The van der Waals surface area contributed by atoms with Gasteiger partial charge in [0.05, 0.1) is 18.3 Å². The number of nitrogens with one attached hydrogen (secondary N) is 1. The van der Waals surface area contributed by atoms with Gasteiger partial charge in [-0.2, -0.15) is 0 Å². The number of nitrogens with zero attached hydrogens (tertiary/aromatic N) is 3. The molecule has 8 heteroatoms. The first-order valence-corrected chi connectivity index (χ1v) is 10.4. The molecule has 0 amide bonds. The van der Waals surface area contributed by atoms with Crippen LogP contribution >= 0.6 is 0 Å². The van der Waals surface area contributed by atoms with Gasteiger partial charge in [-0.25, -0.2) is 4.39 Å². The van der Waals surface area contributed by atoms with Crippen molar-refractivity contribution in [1.82, 2.24) is 15.2 Å². The third-order valence-electron chi connectivity index (χ3n) is 5.16. The molecule has 5 rings (SSSR count). The minimum Gasteiger partial charge on any atom is -0.504 e. The number of aromatic hydroxyl groups is 1. The van der Waals surface area contributed by atoms with Crippen LogP contribution in [0.3, 0.4) is 0 Å². The molecule has 34 heavy (non-hydrogen) atoms. The lowest BCUT2D eigenvalue weighted by atomic mass is 10.1. The fourth-order valence-corrected chi connectivity index (χ4v) is 3.47. The Hall–Kier alpha value is -4.72. The SMILES string of the molecule is COc1cc2c(Oc3ccc(-c4ccc(Nc5ccccc5)nn4)cc3F)ccnc2cc1O. The molecule has 0 aliphatic carbocycles. The first kappa shape index (κ1) is 21.1. The third kappa shape index (κ3) is 4.29. The summed E-state index contributed by atoms with van der Waals surface area (Å²) < 4.78 is 25.9. The zero-order valence-electron chi connectivity index (χ0n) is 18.1. The summed E-state index contributed by atoms with van der Waals surface area (Å²) >= 11 is 0. The lowest BCUT2D eigenvalue weighted by Crippen LogP contribution is -1.97. The molecule has 0 radical (unpaired) electrons. The van der Waals surface area contributed by atoms with Crippen molar-refractivity contribution in [2.45, 2.75) is 0 Å². The average Bonchev–Trinajstić information content (AvgIpc) is 2.86. The Balaban J connectivity index is 1.38. The number of halogens is 1. The second kappa shape index (κ2) is 9.03. The van der Waals surface area contributed by atoms with Gasteiger partial charge >= 0.3 is 0 Å². The maximum Gasteiger partial charge on any atom is 0.166 e. The van der Waals surface area contributed by atoms with Crippen molar-refractivity contribution < 1.29 is 19.0 Å². The van der Waals surface area contributed by atoms with Crippen LogP contribution in [-0.2, 0) is 0 Å². The molecule has 0 atom stereocenters. The topological polar surface area (TPSA) is 89.4 Å². The summed E-state index contributed by atoms with van der Waals surface area (Å²) in [6.07, 6.45) is 1.52. The lowest BCUT2D eigenvalue weighted by Gasteiger charge is -2.12. The molecule has 0 spiro atoms. The van der Waals surface area contributed by atoms with Crippen molar-refractivity contribution in [3.63, 3.8) is 0 Å². The third-order valence-corrected chi connectivity index (χ3v) is 5.16. The fraction of sp³-hybridized carbons (Fsp3) is 0.0385. The Bertz CT molecular complexity index is 1460. The highest BCUT2D eigenvalue weighted by molar-refractivity contribution is 5.88. The summed E-state index contributed by atoms with van der Waals surface area (Å²) in [6, 6.07) is 22.5. The molecule has 5 aromatic rings. The van der Waals surface area contributed by atoms with Gasteiger partial charge < -0.3 is 19.9 Å². The van der Waals surface area contributed by atoms with E-state index in [1.165, 1.54) is 31.5 Å². The molecular formula is C26H19FN4O3. The zero-order valence-corrected chi connectivity index (χ0v) is 18.1. The van der Waals surface area contributed by atoms with E-state index in [-0.39, 0.29) is 17.2 Å². The van der Waals surface area contributed by atoms with Gasteiger partial charge in [0, 0.05) is 28.9 Å². The van der Waals surface area contributed by atoms with E-state index < -0.39 is 5.82 Å². The van der Waals surface area contributed by atoms with Crippen LogP contribution in [0.2, 0.25) is 0 Å². The summed E-state index contributed by atoms with van der Waals surface area (Å²) in [7, 11) is 1.45. The largest absolute Gasteiger partial charge is 0.504 e. The maximum atomic E-state index is 14.9. The number of hydrogen-bond acceptors (Lipinski definition) is 7. The quantitative estimate of drug-likeness (QED) is 0.321. The molecule has 0 aliphatic rings. The normalized spacial score (nSPS) is 10.8. The summed E-state index contributed by atoms with van der Waals surface area (Å²) in [5.41, 5.74) is 2.48. The number of hydrogen-bond donors (Lipinski definition) is 2. The molecule has 0 saturated heterocycles. The highest BCUT2D eigenvalue weighted by Crippen LogP contribution is 2.37. The molecule has 2 heterocycles. The molecular weight excluding hydrogens is 435 g/mol. The van der Waals surface area contributed by atoms with Gasteiger partial charge in [0.2, 0.25) is 0 Å². The van der Waals surface area contributed by atoms with Crippen LogP contribution < -0.4 is 14.8 Å². The van der Waals surface area contributed by atoms with E-state index in [2.05, 4.69) is 20.5 Å². The van der Waals surface area contributed by atoms with E-state index in [4.69, 9.17) is 9.47 Å². The molecule has 0 bridgehead atoms. The first-order valence-electron chi connectivity index (χ1n) is 10.4. The number of methoxy groups -OCH3 is 1. The van der Waals surface area contributed by atoms with Crippen LogP contribution in [-0.4, -0.2) is 27.4 Å². The zero-order chi connectivity index (χ0) is 23.5. The fourth-order valence-electron chi connectivity index (χ4n) is 3.47. The minimum absolute atomic E-state index is 0.0404. The van der Waals surface area contributed by atoms with Gasteiger partial charge in [0.25, 0.3) is 0 Å². The van der Waals surface area contributed by atoms with Crippen molar-refractivity contribution >= 4 is 22.4 Å². The van der Waals surface area contributed by atoms with Crippen LogP contribution in [0.5, 0.6) is 23.0 Å². The Morgan fingerprint density at radius 1 is 0.853 bits per heavy atom. The average molecular weight is 454 g/mol. The lowest BCUT2D eigenvalue weighted by molar-refractivity contribution is 0.374. The minimum atomic E-state index is -0.554. The molecule has 2 aromatic heterocycles. The number of phenolic OH excluding ortho intramolecular Hbond substituents is 1. The van der Waals surface area contributed by atoms with E-state index in [1.54, 1.807) is 30.3 Å². The molecule has 2 N–H and O–H groups in total.